The van der Waals surface area contributed by atoms with E-state index in [1.54, 1.807) is 18.2 Å². The van der Waals surface area contributed by atoms with E-state index in [0.717, 1.165) is 43.9 Å². The number of benzene rings is 1. The maximum Gasteiger partial charge on any atom is 0.187 e. The molecule has 6 nitrogen and oxygen atoms in total. The van der Waals surface area contributed by atoms with Gasteiger partial charge in [-0.1, -0.05) is 15.9 Å². The van der Waals surface area contributed by atoms with Crippen LogP contribution >= 0.6 is 28.1 Å². The Hall–Kier alpha value is -1.22. The van der Waals surface area contributed by atoms with Gasteiger partial charge in [-0.3, -0.25) is 5.43 Å². The fraction of sp³-hybridized carbons (Fsp3) is 0.429. The molecule has 0 amide bonds. The molecule has 1 aliphatic heterocycles. The Morgan fingerprint density at radius 2 is 2.23 bits per heavy atom. The highest BCUT2D eigenvalue weighted by molar-refractivity contribution is 9.10. The summed E-state index contributed by atoms with van der Waals surface area (Å²) in [5.41, 5.74) is 3.36. The lowest BCUT2D eigenvalue weighted by molar-refractivity contribution is -0.906. The molecule has 1 saturated heterocycles. The summed E-state index contributed by atoms with van der Waals surface area (Å²) in [7, 11) is 0. The molecule has 0 atom stereocenters. The van der Waals surface area contributed by atoms with E-state index in [0.29, 0.717) is 10.7 Å². The number of aromatic hydroxyl groups is 1. The van der Waals surface area contributed by atoms with E-state index in [4.69, 9.17) is 17.0 Å². The van der Waals surface area contributed by atoms with Gasteiger partial charge in [-0.15, -0.1) is 0 Å². The maximum atomic E-state index is 9.68. The van der Waals surface area contributed by atoms with Crippen LogP contribution in [0, 0.1) is 0 Å². The Labute approximate surface area is 143 Å². The van der Waals surface area contributed by atoms with Crippen LogP contribution in [0.3, 0.4) is 0 Å². The highest BCUT2D eigenvalue weighted by atomic mass is 79.9. The minimum absolute atomic E-state index is 0.170. The minimum Gasteiger partial charge on any atom is -0.507 e. The van der Waals surface area contributed by atoms with Crippen molar-refractivity contribution >= 4 is 39.5 Å². The summed E-state index contributed by atoms with van der Waals surface area (Å²) < 4.78 is 6.19. The molecule has 22 heavy (non-hydrogen) atoms. The minimum atomic E-state index is 0.170. The van der Waals surface area contributed by atoms with Crippen LogP contribution in [0.4, 0.5) is 0 Å². The molecule has 0 spiro atoms. The zero-order chi connectivity index (χ0) is 15.8. The van der Waals surface area contributed by atoms with E-state index in [1.807, 2.05) is 0 Å². The van der Waals surface area contributed by atoms with Crippen LogP contribution in [0.1, 0.15) is 5.56 Å². The van der Waals surface area contributed by atoms with Gasteiger partial charge >= 0.3 is 0 Å². The summed E-state index contributed by atoms with van der Waals surface area (Å²) in [6.07, 6.45) is 1.53. The third-order valence-corrected chi connectivity index (χ3v) is 4.05. The van der Waals surface area contributed by atoms with Crippen molar-refractivity contribution in [1.29, 1.82) is 0 Å². The SMILES string of the molecule is Oc1ccc(Br)cc1/C=N/NC(=S)NCC[NH+]1CCOCC1. The molecule has 8 heteroatoms. The maximum absolute atomic E-state index is 9.68. The summed E-state index contributed by atoms with van der Waals surface area (Å²) in [4.78, 5) is 1.52. The fourth-order valence-electron chi connectivity index (χ4n) is 2.09. The van der Waals surface area contributed by atoms with Gasteiger partial charge in [-0.25, -0.2) is 0 Å². The first-order valence-electron chi connectivity index (χ1n) is 7.12. The second-order valence-corrected chi connectivity index (χ2v) is 6.27. The molecule has 120 valence electrons. The van der Waals surface area contributed by atoms with Gasteiger partial charge in [-0.2, -0.15) is 5.10 Å². The number of rotatable bonds is 5. The normalized spacial score (nSPS) is 15.9. The molecule has 1 heterocycles. The van der Waals surface area contributed by atoms with Crippen LogP contribution < -0.4 is 15.6 Å². The van der Waals surface area contributed by atoms with Crippen LogP contribution in [0.15, 0.2) is 27.8 Å². The zero-order valence-electron chi connectivity index (χ0n) is 12.1. The molecule has 1 aromatic carbocycles. The van der Waals surface area contributed by atoms with Crippen LogP contribution in [-0.4, -0.2) is 55.8 Å². The van der Waals surface area contributed by atoms with E-state index in [9.17, 15) is 5.11 Å². The average molecular weight is 388 g/mol. The predicted molar refractivity (Wildman–Crippen MR) is 93.5 cm³/mol. The Morgan fingerprint density at radius 1 is 1.45 bits per heavy atom. The van der Waals surface area contributed by atoms with Crippen LogP contribution in [0.5, 0.6) is 5.75 Å². The number of hydrogen-bond donors (Lipinski definition) is 4. The Bertz CT molecular complexity index is 536. The standard InChI is InChI=1S/C14H19BrN4O2S/c15-12-1-2-13(20)11(9-12)10-17-18-14(22)16-3-4-19-5-7-21-8-6-19/h1-2,9-10,20H,3-8H2,(H2,16,18,22)/p+1/b17-10+. The molecular weight excluding hydrogens is 368 g/mol. The third kappa shape index (κ3) is 5.88. The molecule has 0 unspecified atom stereocenters. The van der Waals surface area contributed by atoms with Gasteiger partial charge in [0, 0.05) is 10.0 Å². The number of hydrogen-bond acceptors (Lipinski definition) is 4. The molecule has 1 aromatic rings. The topological polar surface area (TPSA) is 70.3 Å². The molecule has 0 radical (unpaired) electrons. The molecule has 1 fully saturated rings. The monoisotopic (exact) mass is 387 g/mol. The first kappa shape index (κ1) is 17.1. The number of hydrazone groups is 1. The molecule has 0 bridgehead atoms. The van der Waals surface area contributed by atoms with Gasteiger partial charge in [0.2, 0.25) is 0 Å². The summed E-state index contributed by atoms with van der Waals surface area (Å²) >= 11 is 8.50. The number of phenols is 1. The number of phenolic OH excluding ortho intramolecular Hbond substituents is 1. The number of halogens is 1. The number of thiocarbonyl (C=S) groups is 1. The highest BCUT2D eigenvalue weighted by Gasteiger charge is 2.12. The van der Waals surface area contributed by atoms with E-state index < -0.39 is 0 Å². The Balaban J connectivity index is 1.68. The summed E-state index contributed by atoms with van der Waals surface area (Å²) in [5.74, 6) is 0.170. The smallest absolute Gasteiger partial charge is 0.187 e. The number of morpholine rings is 1. The van der Waals surface area contributed by atoms with E-state index >= 15 is 0 Å². The fourth-order valence-corrected chi connectivity index (χ4v) is 2.63. The van der Waals surface area contributed by atoms with Crippen LogP contribution in [0.25, 0.3) is 0 Å². The molecular formula is C14H20BrN4O2S+. The van der Waals surface area contributed by atoms with Crippen molar-refractivity contribution in [3.8, 4) is 5.75 Å². The second kappa shape index (κ2) is 9.04. The van der Waals surface area contributed by atoms with Crippen molar-refractivity contribution in [2.24, 2.45) is 5.10 Å². The lowest BCUT2D eigenvalue weighted by Crippen LogP contribution is -3.14. The van der Waals surface area contributed by atoms with Gasteiger partial charge in [0.1, 0.15) is 18.8 Å². The first-order chi connectivity index (χ1) is 10.6. The van der Waals surface area contributed by atoms with Crippen molar-refractivity contribution in [3.63, 3.8) is 0 Å². The van der Waals surface area contributed by atoms with Gasteiger partial charge < -0.3 is 20.1 Å². The lowest BCUT2D eigenvalue weighted by atomic mass is 10.2. The molecule has 4 N–H and O–H groups in total. The molecule has 0 aliphatic carbocycles. The van der Waals surface area contributed by atoms with E-state index in [-0.39, 0.29) is 5.75 Å². The van der Waals surface area contributed by atoms with Gasteiger partial charge in [-0.05, 0) is 30.4 Å². The summed E-state index contributed by atoms with van der Waals surface area (Å²) in [6, 6.07) is 5.14. The lowest BCUT2D eigenvalue weighted by Gasteiger charge is -2.23. The largest absolute Gasteiger partial charge is 0.507 e. The van der Waals surface area contributed by atoms with Gasteiger partial charge in [0.05, 0.1) is 32.5 Å². The highest BCUT2D eigenvalue weighted by Crippen LogP contribution is 2.19. The molecule has 0 saturated carbocycles. The summed E-state index contributed by atoms with van der Waals surface area (Å²) in [6.45, 7) is 5.54. The number of quaternary nitrogens is 1. The Kier molecular flexibility index (Phi) is 7.04. The number of ether oxygens (including phenoxy) is 1. The molecule has 0 aromatic heterocycles. The zero-order valence-corrected chi connectivity index (χ0v) is 14.5. The Morgan fingerprint density at radius 3 is 3.00 bits per heavy atom. The summed E-state index contributed by atoms with van der Waals surface area (Å²) in [5, 5.41) is 17.3. The molecule has 2 rings (SSSR count). The van der Waals surface area contributed by atoms with Crippen molar-refractivity contribution in [3.05, 3.63) is 28.2 Å². The van der Waals surface area contributed by atoms with Gasteiger partial charge in [0.15, 0.2) is 5.11 Å². The number of nitrogens with zero attached hydrogens (tertiary/aromatic N) is 1. The third-order valence-electron chi connectivity index (χ3n) is 3.32. The average Bonchev–Trinajstić information content (AvgIpc) is 2.52. The van der Waals surface area contributed by atoms with Crippen molar-refractivity contribution < 1.29 is 14.7 Å². The van der Waals surface area contributed by atoms with Gasteiger partial charge in [0.25, 0.3) is 0 Å². The first-order valence-corrected chi connectivity index (χ1v) is 8.32. The van der Waals surface area contributed by atoms with Crippen molar-refractivity contribution in [2.75, 3.05) is 39.4 Å². The second-order valence-electron chi connectivity index (χ2n) is 4.94. The quantitative estimate of drug-likeness (QED) is 0.322. The number of nitrogens with one attached hydrogen (secondary N) is 3. The van der Waals surface area contributed by atoms with E-state index in [2.05, 4.69) is 31.8 Å². The predicted octanol–water partition coefficient (Wildman–Crippen LogP) is -0.132. The van der Waals surface area contributed by atoms with Crippen LogP contribution in [-0.2, 0) is 4.74 Å². The van der Waals surface area contributed by atoms with Crippen LogP contribution in [0.2, 0.25) is 0 Å². The van der Waals surface area contributed by atoms with E-state index in [1.165, 1.54) is 11.1 Å². The van der Waals surface area contributed by atoms with Crippen molar-refractivity contribution in [1.82, 2.24) is 10.7 Å². The van der Waals surface area contributed by atoms with Crippen molar-refractivity contribution in [2.45, 2.75) is 0 Å². The molecule has 1 aliphatic rings.